The van der Waals surface area contributed by atoms with Gasteiger partial charge < -0.3 is 14.8 Å². The Bertz CT molecular complexity index is 440. The number of rotatable bonds is 7. The lowest BCUT2D eigenvalue weighted by molar-refractivity contribution is -0.0332. The van der Waals surface area contributed by atoms with Crippen LogP contribution < -0.4 is 10.1 Å². The Kier molecular flexibility index (Phi) is 5.31. The van der Waals surface area contributed by atoms with Crippen LogP contribution in [0.25, 0.3) is 0 Å². The van der Waals surface area contributed by atoms with Gasteiger partial charge in [0.25, 0.3) is 6.43 Å². The second kappa shape index (κ2) is 6.99. The molecule has 5 heteroatoms. The predicted molar refractivity (Wildman–Crippen MR) is 73.5 cm³/mol. The maximum Gasteiger partial charge on any atom is 0.261 e. The van der Waals surface area contributed by atoms with Gasteiger partial charge in [-0.1, -0.05) is 13.0 Å². The third-order valence-corrected chi connectivity index (χ3v) is 3.53. The summed E-state index contributed by atoms with van der Waals surface area (Å²) < 4.78 is 35.3. The van der Waals surface area contributed by atoms with Gasteiger partial charge in [-0.05, 0) is 36.2 Å². The SMILES string of the molecule is CCCNC1c2cc(OC)ccc2CC1OCC(F)F. The Balaban J connectivity index is 2.15. The number of halogens is 2. The molecular formula is C15H21F2NO2. The number of alkyl halides is 2. The number of ether oxygens (including phenoxy) is 2. The Morgan fingerprint density at radius 1 is 1.40 bits per heavy atom. The summed E-state index contributed by atoms with van der Waals surface area (Å²) in [7, 11) is 1.62. The number of hydrogen-bond donors (Lipinski definition) is 1. The highest BCUT2D eigenvalue weighted by molar-refractivity contribution is 5.42. The third kappa shape index (κ3) is 3.46. The molecular weight excluding hydrogens is 264 g/mol. The highest BCUT2D eigenvalue weighted by Gasteiger charge is 2.33. The standard InChI is InChI=1S/C15H21F2NO2/c1-3-6-18-15-12-8-11(19-2)5-4-10(12)7-13(15)20-9-14(16)17/h4-5,8,13-15,18H,3,6-7,9H2,1-2H3. The molecule has 2 unspecified atom stereocenters. The van der Waals surface area contributed by atoms with Crippen LogP contribution in [0.5, 0.6) is 5.75 Å². The number of methoxy groups -OCH3 is 1. The summed E-state index contributed by atoms with van der Waals surface area (Å²) in [6, 6.07) is 5.80. The molecule has 0 saturated heterocycles. The Morgan fingerprint density at radius 3 is 2.85 bits per heavy atom. The van der Waals surface area contributed by atoms with Crippen LogP contribution in [-0.4, -0.2) is 32.8 Å². The van der Waals surface area contributed by atoms with E-state index >= 15 is 0 Å². The van der Waals surface area contributed by atoms with Crippen molar-refractivity contribution in [3.8, 4) is 5.75 Å². The molecule has 0 heterocycles. The van der Waals surface area contributed by atoms with E-state index in [1.165, 1.54) is 0 Å². The molecule has 0 radical (unpaired) electrons. The van der Waals surface area contributed by atoms with Crippen LogP contribution in [-0.2, 0) is 11.2 Å². The van der Waals surface area contributed by atoms with Crippen LogP contribution >= 0.6 is 0 Å². The molecule has 2 atom stereocenters. The first-order valence-electron chi connectivity index (χ1n) is 6.95. The van der Waals surface area contributed by atoms with E-state index in [0.29, 0.717) is 6.42 Å². The molecule has 0 amide bonds. The molecule has 2 rings (SSSR count). The molecule has 20 heavy (non-hydrogen) atoms. The number of benzene rings is 1. The molecule has 0 fully saturated rings. The normalized spacial score (nSPS) is 21.2. The van der Waals surface area contributed by atoms with Crippen molar-refractivity contribution in [3.63, 3.8) is 0 Å². The van der Waals surface area contributed by atoms with E-state index in [1.54, 1.807) is 7.11 Å². The first-order valence-corrected chi connectivity index (χ1v) is 6.95. The Morgan fingerprint density at radius 2 is 2.20 bits per heavy atom. The van der Waals surface area contributed by atoms with Gasteiger partial charge in [0, 0.05) is 6.42 Å². The van der Waals surface area contributed by atoms with Gasteiger partial charge in [-0.25, -0.2) is 8.78 Å². The Hall–Kier alpha value is -1.20. The quantitative estimate of drug-likeness (QED) is 0.835. The van der Waals surface area contributed by atoms with Gasteiger partial charge in [0.2, 0.25) is 0 Å². The van der Waals surface area contributed by atoms with Crippen molar-refractivity contribution >= 4 is 0 Å². The molecule has 1 aliphatic rings. The summed E-state index contributed by atoms with van der Waals surface area (Å²) in [6.07, 6.45) is -1.03. The van der Waals surface area contributed by atoms with E-state index in [4.69, 9.17) is 9.47 Å². The van der Waals surface area contributed by atoms with Crippen molar-refractivity contribution in [2.75, 3.05) is 20.3 Å². The summed E-state index contributed by atoms with van der Waals surface area (Å²) in [4.78, 5) is 0. The molecule has 0 aliphatic heterocycles. The van der Waals surface area contributed by atoms with Crippen molar-refractivity contribution in [1.82, 2.24) is 5.32 Å². The smallest absolute Gasteiger partial charge is 0.261 e. The zero-order valence-corrected chi connectivity index (χ0v) is 11.9. The van der Waals surface area contributed by atoms with E-state index in [2.05, 4.69) is 12.2 Å². The lowest BCUT2D eigenvalue weighted by atomic mass is 10.1. The third-order valence-electron chi connectivity index (χ3n) is 3.53. The first kappa shape index (κ1) is 15.2. The van der Waals surface area contributed by atoms with Crippen LogP contribution in [0.1, 0.15) is 30.5 Å². The second-order valence-corrected chi connectivity index (χ2v) is 4.96. The molecule has 112 valence electrons. The highest BCUT2D eigenvalue weighted by Crippen LogP contribution is 2.35. The van der Waals surface area contributed by atoms with Gasteiger partial charge in [-0.3, -0.25) is 0 Å². The minimum absolute atomic E-state index is 0.0428. The molecule has 0 bridgehead atoms. The largest absolute Gasteiger partial charge is 0.497 e. The topological polar surface area (TPSA) is 30.5 Å². The van der Waals surface area contributed by atoms with Crippen LogP contribution in [0, 0.1) is 0 Å². The molecule has 0 aromatic heterocycles. The molecule has 1 N–H and O–H groups in total. The summed E-state index contributed by atoms with van der Waals surface area (Å²) >= 11 is 0. The van der Waals surface area contributed by atoms with Crippen LogP contribution in [0.4, 0.5) is 8.78 Å². The van der Waals surface area contributed by atoms with E-state index < -0.39 is 13.0 Å². The minimum atomic E-state index is -2.43. The van der Waals surface area contributed by atoms with Crippen LogP contribution in [0.15, 0.2) is 18.2 Å². The Labute approximate surface area is 118 Å². The van der Waals surface area contributed by atoms with Crippen molar-refractivity contribution < 1.29 is 18.3 Å². The van der Waals surface area contributed by atoms with E-state index in [0.717, 1.165) is 29.8 Å². The molecule has 0 saturated carbocycles. The van der Waals surface area contributed by atoms with Gasteiger partial charge in [0.1, 0.15) is 12.4 Å². The highest BCUT2D eigenvalue weighted by atomic mass is 19.3. The number of nitrogens with one attached hydrogen (secondary N) is 1. The summed E-state index contributed by atoms with van der Waals surface area (Å²) in [5.41, 5.74) is 2.23. The van der Waals surface area contributed by atoms with Crippen LogP contribution in [0.3, 0.4) is 0 Å². The summed E-state index contributed by atoms with van der Waals surface area (Å²) in [5.74, 6) is 0.779. The predicted octanol–water partition coefficient (Wildman–Crippen LogP) is 2.94. The van der Waals surface area contributed by atoms with Gasteiger partial charge in [0.15, 0.2) is 0 Å². The average molecular weight is 285 g/mol. The van der Waals surface area contributed by atoms with Crippen molar-refractivity contribution in [2.24, 2.45) is 0 Å². The average Bonchev–Trinajstić information content (AvgIpc) is 2.79. The monoisotopic (exact) mass is 285 g/mol. The van der Waals surface area contributed by atoms with Gasteiger partial charge in [0.05, 0.1) is 19.3 Å². The number of hydrogen-bond acceptors (Lipinski definition) is 3. The van der Waals surface area contributed by atoms with Crippen molar-refractivity contribution in [2.45, 2.75) is 38.3 Å². The van der Waals surface area contributed by atoms with Gasteiger partial charge in [-0.15, -0.1) is 0 Å². The zero-order valence-electron chi connectivity index (χ0n) is 11.9. The molecule has 1 aromatic rings. The molecule has 0 spiro atoms. The fraction of sp³-hybridized carbons (Fsp3) is 0.600. The van der Waals surface area contributed by atoms with E-state index in [9.17, 15) is 8.78 Å². The van der Waals surface area contributed by atoms with Crippen molar-refractivity contribution in [1.29, 1.82) is 0 Å². The minimum Gasteiger partial charge on any atom is -0.497 e. The lowest BCUT2D eigenvalue weighted by Gasteiger charge is -2.22. The van der Waals surface area contributed by atoms with Gasteiger partial charge in [-0.2, -0.15) is 0 Å². The fourth-order valence-corrected chi connectivity index (χ4v) is 2.60. The van der Waals surface area contributed by atoms with E-state index in [-0.39, 0.29) is 12.1 Å². The summed E-state index contributed by atoms with van der Waals surface area (Å²) in [5, 5.41) is 3.39. The van der Waals surface area contributed by atoms with Crippen molar-refractivity contribution in [3.05, 3.63) is 29.3 Å². The molecule has 1 aromatic carbocycles. The van der Waals surface area contributed by atoms with Gasteiger partial charge >= 0.3 is 0 Å². The lowest BCUT2D eigenvalue weighted by Crippen LogP contribution is -2.32. The maximum atomic E-state index is 12.3. The fourth-order valence-electron chi connectivity index (χ4n) is 2.60. The second-order valence-electron chi connectivity index (χ2n) is 4.96. The maximum absolute atomic E-state index is 12.3. The zero-order chi connectivity index (χ0) is 14.5. The first-order chi connectivity index (χ1) is 9.65. The summed E-state index contributed by atoms with van der Waals surface area (Å²) in [6.45, 7) is 2.39. The van der Waals surface area contributed by atoms with Crippen LogP contribution in [0.2, 0.25) is 0 Å². The molecule has 1 aliphatic carbocycles. The number of fused-ring (bicyclic) bond motifs is 1. The van der Waals surface area contributed by atoms with E-state index in [1.807, 2.05) is 18.2 Å². The molecule has 3 nitrogen and oxygen atoms in total.